The Morgan fingerprint density at radius 1 is 1.03 bits per heavy atom. The van der Waals surface area contributed by atoms with Crippen LogP contribution in [0.4, 0.5) is 22.9 Å². The number of rotatable bonds is 2. The lowest BCUT2D eigenvalue weighted by Crippen LogP contribution is -2.22. The molecule has 4 aromatic rings. The maximum atomic E-state index is 7.24. The highest BCUT2D eigenvalue weighted by atomic mass is 15.3. The minimum absolute atomic E-state index is 0.147. The molecule has 31 heavy (non-hydrogen) atoms. The lowest BCUT2D eigenvalue weighted by atomic mass is 10.1. The molecule has 2 aromatic carbocycles. The molecule has 1 aliphatic rings. The van der Waals surface area contributed by atoms with Crippen molar-refractivity contribution < 1.29 is 0 Å². The van der Waals surface area contributed by atoms with E-state index in [4.69, 9.17) is 12.3 Å². The average molecular weight is 408 g/mol. The van der Waals surface area contributed by atoms with Crippen LogP contribution in [0.25, 0.3) is 21.8 Å². The lowest BCUT2D eigenvalue weighted by molar-refractivity contribution is 0.696. The highest BCUT2D eigenvalue weighted by Crippen LogP contribution is 2.40. The second kappa shape index (κ2) is 7.22. The third-order valence-electron chi connectivity index (χ3n) is 5.51. The number of aromatic nitrogens is 5. The molecule has 1 aliphatic heterocycles. The Labute approximate surface area is 179 Å². The van der Waals surface area contributed by atoms with Crippen LogP contribution in [0.2, 0.25) is 0 Å². The number of nitrogens with two attached hydrogens (primary N) is 1. The first-order valence-electron chi connectivity index (χ1n) is 9.94. The summed E-state index contributed by atoms with van der Waals surface area (Å²) in [6, 6.07) is 13.9. The van der Waals surface area contributed by atoms with Gasteiger partial charge in [-0.1, -0.05) is 25.1 Å². The number of anilines is 3. The molecule has 0 spiro atoms. The van der Waals surface area contributed by atoms with Crippen molar-refractivity contribution in [1.29, 1.82) is 0 Å². The molecule has 0 aliphatic carbocycles. The van der Waals surface area contributed by atoms with Gasteiger partial charge in [-0.3, -0.25) is 9.55 Å². The van der Waals surface area contributed by atoms with Crippen molar-refractivity contribution in [3.05, 3.63) is 77.9 Å². The summed E-state index contributed by atoms with van der Waals surface area (Å²) in [5, 5.41) is 8.78. The fourth-order valence-corrected chi connectivity index (χ4v) is 3.98. The molecule has 8 nitrogen and oxygen atoms in total. The van der Waals surface area contributed by atoms with Crippen LogP contribution in [0.3, 0.4) is 0 Å². The van der Waals surface area contributed by atoms with Crippen molar-refractivity contribution in [2.24, 2.45) is 0 Å². The SMILES string of the molecule is [C-]#[N+]c1ccc(N2CC(C)c3nnc(C)n3-c3ccc(-c4cnc(N)cn4)cc32)cc1. The third kappa shape index (κ3) is 3.16. The van der Waals surface area contributed by atoms with Crippen LogP contribution in [-0.4, -0.2) is 31.3 Å². The van der Waals surface area contributed by atoms with Crippen LogP contribution in [0.5, 0.6) is 0 Å². The maximum Gasteiger partial charge on any atom is 0.187 e. The number of aryl methyl sites for hydroxylation is 1. The Hall–Kier alpha value is -4.25. The molecule has 0 fully saturated rings. The summed E-state index contributed by atoms with van der Waals surface area (Å²) in [5.74, 6) is 2.31. The van der Waals surface area contributed by atoms with Gasteiger partial charge in [0.25, 0.3) is 0 Å². The predicted molar refractivity (Wildman–Crippen MR) is 120 cm³/mol. The Morgan fingerprint density at radius 3 is 2.55 bits per heavy atom. The zero-order chi connectivity index (χ0) is 21.5. The third-order valence-corrected chi connectivity index (χ3v) is 5.51. The molecule has 0 bridgehead atoms. The molecule has 2 aromatic heterocycles. The fraction of sp³-hybridized carbons (Fsp3) is 0.174. The molecule has 0 saturated carbocycles. The monoisotopic (exact) mass is 408 g/mol. The molecule has 8 heteroatoms. The van der Waals surface area contributed by atoms with E-state index >= 15 is 0 Å². The maximum absolute atomic E-state index is 7.24. The summed E-state index contributed by atoms with van der Waals surface area (Å²) in [6.45, 7) is 12.1. The van der Waals surface area contributed by atoms with Crippen molar-refractivity contribution in [2.75, 3.05) is 17.2 Å². The molecule has 2 N–H and O–H groups in total. The van der Waals surface area contributed by atoms with Crippen LogP contribution in [0.15, 0.2) is 54.9 Å². The first-order valence-corrected chi connectivity index (χ1v) is 9.94. The Bertz CT molecular complexity index is 1300. The number of nitrogen functional groups attached to an aromatic ring is 1. The van der Waals surface area contributed by atoms with Gasteiger partial charge in [0.1, 0.15) is 17.5 Å². The van der Waals surface area contributed by atoms with Gasteiger partial charge in [-0.15, -0.1) is 10.2 Å². The van der Waals surface area contributed by atoms with Crippen molar-refractivity contribution >= 4 is 22.9 Å². The Balaban J connectivity index is 1.72. The van der Waals surface area contributed by atoms with E-state index in [0.717, 1.165) is 46.5 Å². The van der Waals surface area contributed by atoms with Crippen molar-refractivity contribution in [1.82, 2.24) is 24.7 Å². The number of hydrogen-bond acceptors (Lipinski definition) is 6. The van der Waals surface area contributed by atoms with Crippen molar-refractivity contribution in [3.63, 3.8) is 0 Å². The van der Waals surface area contributed by atoms with Crippen molar-refractivity contribution in [2.45, 2.75) is 19.8 Å². The first kappa shape index (κ1) is 18.8. The van der Waals surface area contributed by atoms with Gasteiger partial charge in [0.05, 0.1) is 36.0 Å². The molecular formula is C23H20N8. The van der Waals surface area contributed by atoms with Crippen LogP contribution in [-0.2, 0) is 0 Å². The summed E-state index contributed by atoms with van der Waals surface area (Å²) in [6.07, 6.45) is 3.24. The molecule has 0 radical (unpaired) electrons. The zero-order valence-corrected chi connectivity index (χ0v) is 17.2. The summed E-state index contributed by atoms with van der Waals surface area (Å²) >= 11 is 0. The van der Waals surface area contributed by atoms with Gasteiger partial charge in [-0.2, -0.15) is 0 Å². The summed E-state index contributed by atoms with van der Waals surface area (Å²) in [5.41, 5.74) is 11.0. The second-order valence-electron chi connectivity index (χ2n) is 7.61. The average Bonchev–Trinajstić information content (AvgIpc) is 3.13. The summed E-state index contributed by atoms with van der Waals surface area (Å²) in [4.78, 5) is 14.4. The van der Waals surface area contributed by atoms with Crippen molar-refractivity contribution in [3.8, 4) is 16.9 Å². The largest absolute Gasteiger partial charge is 0.382 e. The molecule has 152 valence electrons. The quantitative estimate of drug-likeness (QED) is 0.494. The summed E-state index contributed by atoms with van der Waals surface area (Å²) in [7, 11) is 0. The lowest BCUT2D eigenvalue weighted by Gasteiger charge is -2.27. The Kier molecular flexibility index (Phi) is 4.37. The molecular weight excluding hydrogens is 388 g/mol. The standard InChI is InChI=1S/C23H20N8/c1-14-13-30(18-7-5-17(25-3)6-8-18)21-10-16(19-11-27-22(24)12-26-19)4-9-20(21)31-15(2)28-29-23(14)31/h4-12,14H,13H2,1-2H3,(H2,24,27). The molecule has 3 heterocycles. The normalized spacial score (nSPS) is 15.0. The highest BCUT2D eigenvalue weighted by molar-refractivity contribution is 5.79. The van der Waals surface area contributed by atoms with Crippen LogP contribution in [0.1, 0.15) is 24.5 Å². The molecule has 1 atom stereocenters. The van der Waals surface area contributed by atoms with E-state index in [0.29, 0.717) is 11.5 Å². The van der Waals surface area contributed by atoms with E-state index in [1.165, 1.54) is 0 Å². The first-order chi connectivity index (χ1) is 15.0. The van der Waals surface area contributed by atoms with Gasteiger partial charge in [-0.05, 0) is 31.2 Å². The number of benzene rings is 2. The molecule has 0 amide bonds. The number of hydrogen-bond donors (Lipinski definition) is 1. The van der Waals surface area contributed by atoms with Crippen LogP contribution >= 0.6 is 0 Å². The molecule has 1 unspecified atom stereocenters. The zero-order valence-electron chi connectivity index (χ0n) is 17.2. The minimum Gasteiger partial charge on any atom is -0.382 e. The second-order valence-corrected chi connectivity index (χ2v) is 7.61. The van der Waals surface area contributed by atoms with E-state index < -0.39 is 0 Å². The van der Waals surface area contributed by atoms with E-state index in [1.54, 1.807) is 12.4 Å². The summed E-state index contributed by atoms with van der Waals surface area (Å²) < 4.78 is 2.12. The topological polar surface area (TPSA) is 90.1 Å². The van der Waals surface area contributed by atoms with Gasteiger partial charge in [0, 0.05) is 23.7 Å². The van der Waals surface area contributed by atoms with E-state index in [9.17, 15) is 0 Å². The highest BCUT2D eigenvalue weighted by Gasteiger charge is 2.28. The predicted octanol–water partition coefficient (Wildman–Crippen LogP) is 4.42. The smallest absolute Gasteiger partial charge is 0.187 e. The van der Waals surface area contributed by atoms with E-state index in [-0.39, 0.29) is 5.92 Å². The van der Waals surface area contributed by atoms with E-state index in [2.05, 4.69) is 53.5 Å². The van der Waals surface area contributed by atoms with Gasteiger partial charge in [0.15, 0.2) is 5.69 Å². The van der Waals surface area contributed by atoms with Gasteiger partial charge >= 0.3 is 0 Å². The van der Waals surface area contributed by atoms with Gasteiger partial charge in [0.2, 0.25) is 0 Å². The fourth-order valence-electron chi connectivity index (χ4n) is 3.98. The minimum atomic E-state index is 0.147. The van der Waals surface area contributed by atoms with Gasteiger partial charge in [-0.25, -0.2) is 9.83 Å². The number of nitrogens with zero attached hydrogens (tertiary/aromatic N) is 7. The molecule has 5 rings (SSSR count). The van der Waals surface area contributed by atoms with Crippen LogP contribution < -0.4 is 10.6 Å². The number of fused-ring (bicyclic) bond motifs is 3. The van der Waals surface area contributed by atoms with Crippen LogP contribution in [0, 0.1) is 13.5 Å². The Morgan fingerprint density at radius 2 is 1.84 bits per heavy atom. The van der Waals surface area contributed by atoms with E-state index in [1.807, 2.05) is 37.3 Å². The molecule has 0 saturated heterocycles. The van der Waals surface area contributed by atoms with Gasteiger partial charge < -0.3 is 10.6 Å².